The highest BCUT2D eigenvalue weighted by Crippen LogP contribution is 2.08. The number of hydrogen-bond acceptors (Lipinski definition) is 5. The predicted octanol–water partition coefficient (Wildman–Crippen LogP) is 1.22. The van der Waals surface area contributed by atoms with Crippen LogP contribution in [-0.4, -0.2) is 41.5 Å². The quantitative estimate of drug-likeness (QED) is 0.894. The minimum atomic E-state index is -0.159. The number of nitrogens with one attached hydrogen (secondary N) is 1. The summed E-state index contributed by atoms with van der Waals surface area (Å²) in [4.78, 5) is 26.6. The van der Waals surface area contributed by atoms with Crippen molar-refractivity contribution in [2.45, 2.75) is 13.3 Å². The van der Waals surface area contributed by atoms with E-state index < -0.39 is 0 Å². The highest BCUT2D eigenvalue weighted by molar-refractivity contribution is 5.94. The molecule has 6 heteroatoms. The molecule has 0 aliphatic carbocycles. The van der Waals surface area contributed by atoms with Gasteiger partial charge in [0.15, 0.2) is 0 Å². The van der Waals surface area contributed by atoms with Gasteiger partial charge in [0.2, 0.25) is 5.95 Å². The lowest BCUT2D eigenvalue weighted by Gasteiger charge is -2.12. The molecule has 2 aromatic heterocycles. The Morgan fingerprint density at radius 3 is 2.71 bits per heavy atom. The summed E-state index contributed by atoms with van der Waals surface area (Å²) in [5.41, 5.74) is 2.12. The van der Waals surface area contributed by atoms with Crippen LogP contribution in [0, 0.1) is 6.92 Å². The van der Waals surface area contributed by atoms with E-state index in [1.807, 2.05) is 39.2 Å². The molecule has 0 bridgehead atoms. The first-order valence-corrected chi connectivity index (χ1v) is 6.77. The Hall–Kier alpha value is -2.50. The number of aromatic nitrogens is 3. The third kappa shape index (κ3) is 3.98. The van der Waals surface area contributed by atoms with E-state index in [0.29, 0.717) is 30.2 Å². The normalized spacial score (nSPS) is 10.2. The van der Waals surface area contributed by atoms with Gasteiger partial charge in [-0.15, -0.1) is 0 Å². The molecular formula is C15H19N5O. The van der Waals surface area contributed by atoms with Crippen LogP contribution >= 0.6 is 0 Å². The van der Waals surface area contributed by atoms with Crippen LogP contribution in [0.4, 0.5) is 5.95 Å². The number of hydrogen-bond donors (Lipinski definition) is 1. The maximum atomic E-state index is 12.1. The molecule has 6 nitrogen and oxygen atoms in total. The summed E-state index contributed by atoms with van der Waals surface area (Å²) in [5.74, 6) is 0.436. The van der Waals surface area contributed by atoms with Crippen LogP contribution in [0.3, 0.4) is 0 Å². The lowest BCUT2D eigenvalue weighted by Crippen LogP contribution is -2.27. The zero-order valence-electron chi connectivity index (χ0n) is 12.5. The van der Waals surface area contributed by atoms with Crippen LogP contribution in [0.25, 0.3) is 0 Å². The van der Waals surface area contributed by atoms with Crippen LogP contribution in [0.5, 0.6) is 0 Å². The van der Waals surface area contributed by atoms with E-state index in [0.717, 1.165) is 5.69 Å². The second kappa shape index (κ2) is 6.78. The molecule has 0 radical (unpaired) electrons. The molecule has 2 rings (SSSR count). The van der Waals surface area contributed by atoms with Gasteiger partial charge in [-0.2, -0.15) is 0 Å². The first-order chi connectivity index (χ1) is 10.1. The molecule has 1 amide bonds. The Kier molecular flexibility index (Phi) is 4.81. The topological polar surface area (TPSA) is 71.0 Å². The number of carbonyl (C=O) groups excluding carboxylic acids is 1. The molecule has 0 fully saturated rings. The van der Waals surface area contributed by atoms with Crippen molar-refractivity contribution in [1.82, 2.24) is 20.3 Å². The Labute approximate surface area is 124 Å². The molecule has 2 aromatic rings. The number of aryl methyl sites for hydroxylation is 1. The second-order valence-corrected chi connectivity index (χ2v) is 4.89. The third-order valence-electron chi connectivity index (χ3n) is 3.00. The molecule has 0 aliphatic heterocycles. The van der Waals surface area contributed by atoms with Crippen molar-refractivity contribution >= 4 is 11.9 Å². The smallest absolute Gasteiger partial charge is 0.254 e. The third-order valence-corrected chi connectivity index (χ3v) is 3.00. The van der Waals surface area contributed by atoms with E-state index in [9.17, 15) is 4.79 Å². The summed E-state index contributed by atoms with van der Waals surface area (Å²) in [5, 5.41) is 2.86. The van der Waals surface area contributed by atoms with Gasteiger partial charge < -0.3 is 10.2 Å². The summed E-state index contributed by atoms with van der Waals surface area (Å²) in [6, 6.07) is 5.74. The van der Waals surface area contributed by atoms with E-state index in [-0.39, 0.29) is 5.91 Å². The van der Waals surface area contributed by atoms with Gasteiger partial charge in [0.25, 0.3) is 5.91 Å². The zero-order valence-corrected chi connectivity index (χ0v) is 12.5. The monoisotopic (exact) mass is 285 g/mol. The van der Waals surface area contributed by atoms with Crippen molar-refractivity contribution in [1.29, 1.82) is 0 Å². The van der Waals surface area contributed by atoms with Crippen LogP contribution in [0.2, 0.25) is 0 Å². The van der Waals surface area contributed by atoms with Crippen LogP contribution in [0.15, 0.2) is 30.6 Å². The lowest BCUT2D eigenvalue weighted by molar-refractivity contribution is 0.0952. The average Bonchev–Trinajstić information content (AvgIpc) is 2.48. The van der Waals surface area contributed by atoms with Gasteiger partial charge >= 0.3 is 0 Å². The Bertz CT molecular complexity index is 613. The number of pyridine rings is 1. The number of nitrogens with zero attached hydrogens (tertiary/aromatic N) is 4. The average molecular weight is 285 g/mol. The Morgan fingerprint density at radius 1 is 1.29 bits per heavy atom. The predicted molar refractivity (Wildman–Crippen MR) is 81.4 cm³/mol. The summed E-state index contributed by atoms with van der Waals surface area (Å²) in [6.07, 6.45) is 4.01. The van der Waals surface area contributed by atoms with Crippen molar-refractivity contribution in [3.8, 4) is 0 Å². The van der Waals surface area contributed by atoms with E-state index in [1.54, 1.807) is 17.3 Å². The Morgan fingerprint density at radius 2 is 2.10 bits per heavy atom. The van der Waals surface area contributed by atoms with Gasteiger partial charge in [0.1, 0.15) is 0 Å². The van der Waals surface area contributed by atoms with Crippen molar-refractivity contribution in [2.75, 3.05) is 25.5 Å². The van der Waals surface area contributed by atoms with Gasteiger partial charge in [-0.3, -0.25) is 9.78 Å². The molecule has 1 N–H and O–H groups in total. The van der Waals surface area contributed by atoms with Crippen molar-refractivity contribution in [3.05, 3.63) is 47.5 Å². The summed E-state index contributed by atoms with van der Waals surface area (Å²) in [6.45, 7) is 2.34. The van der Waals surface area contributed by atoms with E-state index in [2.05, 4.69) is 20.3 Å². The minimum absolute atomic E-state index is 0.159. The van der Waals surface area contributed by atoms with E-state index in [4.69, 9.17) is 0 Å². The summed E-state index contributed by atoms with van der Waals surface area (Å²) in [7, 11) is 3.72. The standard InChI is InChI=1S/C15H19N5O/c1-11-13(10-18-15(19-11)20(2)3)14(21)17-9-7-12-6-4-5-8-16-12/h4-6,8,10H,7,9H2,1-3H3,(H,17,21). The zero-order chi connectivity index (χ0) is 15.2. The summed E-state index contributed by atoms with van der Waals surface area (Å²) < 4.78 is 0. The highest BCUT2D eigenvalue weighted by atomic mass is 16.1. The van der Waals surface area contributed by atoms with Gasteiger partial charge in [-0.05, 0) is 19.1 Å². The fourth-order valence-electron chi connectivity index (χ4n) is 1.84. The number of carbonyl (C=O) groups is 1. The van der Waals surface area contributed by atoms with Gasteiger partial charge in [-0.25, -0.2) is 9.97 Å². The van der Waals surface area contributed by atoms with Crippen LogP contribution < -0.4 is 10.2 Å². The lowest BCUT2D eigenvalue weighted by atomic mass is 10.2. The Balaban J connectivity index is 1.94. The molecule has 0 spiro atoms. The maximum absolute atomic E-state index is 12.1. The van der Waals surface area contributed by atoms with E-state index in [1.165, 1.54) is 0 Å². The molecule has 21 heavy (non-hydrogen) atoms. The van der Waals surface area contributed by atoms with Crippen LogP contribution in [-0.2, 0) is 6.42 Å². The fourth-order valence-corrected chi connectivity index (χ4v) is 1.84. The largest absolute Gasteiger partial charge is 0.352 e. The number of amides is 1. The first kappa shape index (κ1) is 14.9. The fraction of sp³-hybridized carbons (Fsp3) is 0.333. The molecule has 0 aromatic carbocycles. The number of anilines is 1. The molecule has 0 saturated carbocycles. The molecule has 0 unspecified atom stereocenters. The number of rotatable bonds is 5. The molecule has 2 heterocycles. The maximum Gasteiger partial charge on any atom is 0.254 e. The molecular weight excluding hydrogens is 266 g/mol. The molecule has 0 atom stereocenters. The van der Waals surface area contributed by atoms with Gasteiger partial charge in [0, 0.05) is 45.1 Å². The molecule has 110 valence electrons. The molecule has 0 aliphatic rings. The SMILES string of the molecule is Cc1nc(N(C)C)ncc1C(=O)NCCc1ccccn1. The molecule has 0 saturated heterocycles. The van der Waals surface area contributed by atoms with Crippen LogP contribution in [0.1, 0.15) is 21.7 Å². The first-order valence-electron chi connectivity index (χ1n) is 6.77. The second-order valence-electron chi connectivity index (χ2n) is 4.89. The minimum Gasteiger partial charge on any atom is -0.352 e. The van der Waals surface area contributed by atoms with Crippen molar-refractivity contribution < 1.29 is 4.79 Å². The van der Waals surface area contributed by atoms with Gasteiger partial charge in [-0.1, -0.05) is 6.07 Å². The van der Waals surface area contributed by atoms with Crippen molar-refractivity contribution in [2.24, 2.45) is 0 Å². The van der Waals surface area contributed by atoms with Gasteiger partial charge in [0.05, 0.1) is 11.3 Å². The highest BCUT2D eigenvalue weighted by Gasteiger charge is 2.12. The summed E-state index contributed by atoms with van der Waals surface area (Å²) >= 11 is 0. The van der Waals surface area contributed by atoms with Crippen molar-refractivity contribution in [3.63, 3.8) is 0 Å². The van der Waals surface area contributed by atoms with E-state index >= 15 is 0 Å².